The second kappa shape index (κ2) is 11.5. The van der Waals surface area contributed by atoms with Gasteiger partial charge in [-0.1, -0.05) is 42.5 Å². The van der Waals surface area contributed by atoms with E-state index in [-0.39, 0.29) is 0 Å². The zero-order chi connectivity index (χ0) is 28.6. The first-order valence-corrected chi connectivity index (χ1v) is 15.8. The first-order chi connectivity index (χ1) is 20.5. The van der Waals surface area contributed by atoms with Gasteiger partial charge in [0, 0.05) is 55.8 Å². The van der Waals surface area contributed by atoms with Gasteiger partial charge in [0.15, 0.2) is 5.76 Å². The number of hydrogen-bond donors (Lipinski definition) is 0. The minimum absolute atomic E-state index is 0.338. The molecule has 9 nitrogen and oxygen atoms in total. The van der Waals surface area contributed by atoms with Gasteiger partial charge in [0.25, 0.3) is 0 Å². The molecule has 0 spiro atoms. The Hall–Kier alpha value is -3.77. The molecule has 0 bridgehead atoms. The summed E-state index contributed by atoms with van der Waals surface area (Å²) in [5.41, 5.74) is 4.74. The monoisotopic (exact) mass is 600 g/mol. The number of methoxy groups -OCH3 is 1. The SMILES string of the molecule is CCN1CCN(Cc2ccc(-c3nc(COc4cc(OC)cc5oc(-c6cn7nc(C)sc7n6)cc45)cs3)cc2)CC1. The van der Waals surface area contributed by atoms with Gasteiger partial charge in [0.2, 0.25) is 4.96 Å². The van der Waals surface area contributed by atoms with E-state index in [4.69, 9.17) is 18.9 Å². The van der Waals surface area contributed by atoms with Gasteiger partial charge in [-0.15, -0.1) is 11.3 Å². The molecule has 1 saturated heterocycles. The molecule has 7 rings (SSSR count). The lowest BCUT2D eigenvalue weighted by atomic mass is 10.1. The van der Waals surface area contributed by atoms with Crippen LogP contribution in [0.2, 0.25) is 0 Å². The molecule has 0 amide bonds. The van der Waals surface area contributed by atoms with Crippen LogP contribution in [0.25, 0.3) is 38.0 Å². The summed E-state index contributed by atoms with van der Waals surface area (Å²) in [6.07, 6.45) is 1.88. The van der Waals surface area contributed by atoms with Crippen LogP contribution in [0.5, 0.6) is 11.5 Å². The quantitative estimate of drug-likeness (QED) is 0.190. The van der Waals surface area contributed by atoms with Crippen LogP contribution in [0.1, 0.15) is 23.2 Å². The number of benzene rings is 2. The predicted octanol–water partition coefficient (Wildman–Crippen LogP) is 6.36. The predicted molar refractivity (Wildman–Crippen MR) is 167 cm³/mol. The van der Waals surface area contributed by atoms with Crippen molar-refractivity contribution in [3.05, 3.63) is 70.3 Å². The summed E-state index contributed by atoms with van der Waals surface area (Å²) in [7, 11) is 1.64. The maximum absolute atomic E-state index is 6.28. The van der Waals surface area contributed by atoms with Crippen LogP contribution in [0.3, 0.4) is 0 Å². The topological polar surface area (TPSA) is 81.2 Å². The molecule has 42 heavy (non-hydrogen) atoms. The number of likely N-dealkylation sites (N-methyl/N-ethyl adjacent to an activating group) is 1. The molecule has 11 heteroatoms. The summed E-state index contributed by atoms with van der Waals surface area (Å²) >= 11 is 3.18. The van der Waals surface area contributed by atoms with Crippen molar-refractivity contribution in [3.63, 3.8) is 0 Å². The third kappa shape index (κ3) is 5.52. The molecule has 0 atom stereocenters. The van der Waals surface area contributed by atoms with Gasteiger partial charge < -0.3 is 18.8 Å². The molecule has 0 radical (unpaired) electrons. The Labute approximate surface area is 251 Å². The molecule has 0 aliphatic carbocycles. The third-order valence-corrected chi connectivity index (χ3v) is 9.43. The van der Waals surface area contributed by atoms with E-state index in [1.807, 2.05) is 31.3 Å². The van der Waals surface area contributed by atoms with Gasteiger partial charge in [-0.25, -0.2) is 14.5 Å². The number of furan rings is 1. The van der Waals surface area contributed by atoms with Crippen molar-refractivity contribution in [1.82, 2.24) is 29.4 Å². The number of hydrogen-bond acceptors (Lipinski definition) is 10. The first-order valence-electron chi connectivity index (χ1n) is 14.1. The smallest absolute Gasteiger partial charge is 0.212 e. The highest BCUT2D eigenvalue weighted by atomic mass is 32.1. The second-order valence-electron chi connectivity index (χ2n) is 10.5. The maximum Gasteiger partial charge on any atom is 0.212 e. The molecular weight excluding hydrogens is 569 g/mol. The summed E-state index contributed by atoms with van der Waals surface area (Å²) < 4.78 is 19.8. The number of thiazole rings is 1. The van der Waals surface area contributed by atoms with Gasteiger partial charge in [0.05, 0.1) is 24.4 Å². The molecule has 2 aromatic carbocycles. The zero-order valence-corrected chi connectivity index (χ0v) is 25.5. The van der Waals surface area contributed by atoms with E-state index < -0.39 is 0 Å². The van der Waals surface area contributed by atoms with E-state index in [1.54, 1.807) is 34.3 Å². The normalized spacial score (nSPS) is 14.7. The van der Waals surface area contributed by atoms with E-state index in [2.05, 4.69) is 56.5 Å². The van der Waals surface area contributed by atoms with E-state index in [0.29, 0.717) is 29.4 Å². The number of piperazine rings is 1. The fourth-order valence-corrected chi connectivity index (χ4v) is 6.83. The Balaban J connectivity index is 1.04. The highest BCUT2D eigenvalue weighted by molar-refractivity contribution is 7.16. The van der Waals surface area contributed by atoms with Crippen LogP contribution in [-0.2, 0) is 13.2 Å². The lowest BCUT2D eigenvalue weighted by Crippen LogP contribution is -2.45. The van der Waals surface area contributed by atoms with Crippen molar-refractivity contribution in [2.24, 2.45) is 0 Å². The fraction of sp³-hybridized carbons (Fsp3) is 0.323. The maximum atomic E-state index is 6.28. The number of rotatable bonds is 9. The molecule has 5 heterocycles. The average molecular weight is 601 g/mol. The Morgan fingerprint density at radius 1 is 1.00 bits per heavy atom. The van der Waals surface area contributed by atoms with Crippen molar-refractivity contribution < 1.29 is 13.9 Å². The molecular formula is C31H32N6O3S2. The highest BCUT2D eigenvalue weighted by Crippen LogP contribution is 2.37. The van der Waals surface area contributed by atoms with Crippen LogP contribution in [0.15, 0.2) is 58.5 Å². The molecule has 1 aliphatic rings. The minimum Gasteiger partial charge on any atom is -0.496 e. The summed E-state index contributed by atoms with van der Waals surface area (Å²) in [6, 6.07) is 14.5. The number of nitrogens with zero attached hydrogens (tertiary/aromatic N) is 6. The van der Waals surface area contributed by atoms with Crippen molar-refractivity contribution in [3.8, 4) is 33.5 Å². The van der Waals surface area contributed by atoms with Crippen molar-refractivity contribution >= 4 is 38.6 Å². The largest absolute Gasteiger partial charge is 0.496 e. The molecule has 0 saturated carbocycles. The molecule has 0 unspecified atom stereocenters. The van der Waals surface area contributed by atoms with E-state index >= 15 is 0 Å². The first kappa shape index (κ1) is 27.1. The Kier molecular flexibility index (Phi) is 7.41. The highest BCUT2D eigenvalue weighted by Gasteiger charge is 2.18. The number of aryl methyl sites for hydroxylation is 1. The molecule has 1 aliphatic heterocycles. The van der Waals surface area contributed by atoms with Crippen LogP contribution in [-0.4, -0.2) is 69.2 Å². The molecule has 4 aromatic heterocycles. The lowest BCUT2D eigenvalue weighted by molar-refractivity contribution is 0.132. The molecule has 0 N–H and O–H groups in total. The fourth-order valence-electron chi connectivity index (χ4n) is 5.30. The minimum atomic E-state index is 0.338. The number of fused-ring (bicyclic) bond motifs is 2. The van der Waals surface area contributed by atoms with Gasteiger partial charge in [-0.3, -0.25) is 4.90 Å². The second-order valence-corrected chi connectivity index (χ2v) is 12.5. The Bertz CT molecular complexity index is 1800. The third-order valence-electron chi connectivity index (χ3n) is 7.65. The average Bonchev–Trinajstić information content (AvgIpc) is 3.80. The summed E-state index contributed by atoms with van der Waals surface area (Å²) in [5, 5.41) is 9.32. The molecule has 1 fully saturated rings. The summed E-state index contributed by atoms with van der Waals surface area (Å²) in [4.78, 5) is 15.4. The van der Waals surface area contributed by atoms with E-state index in [1.165, 1.54) is 5.56 Å². The standard InChI is InChI=1S/C31H32N6O3S2/c1-4-35-9-11-36(12-10-35)16-21-5-7-22(8-6-21)30-32-23(19-41-30)18-39-27-13-24(38-3)14-28-25(27)15-29(40-28)26-17-37-31(33-26)42-20(2)34-37/h5-8,13-15,17,19H,4,9-12,16,18H2,1-3H3. The lowest BCUT2D eigenvalue weighted by Gasteiger charge is -2.34. The van der Waals surface area contributed by atoms with Crippen molar-refractivity contribution in [2.45, 2.75) is 27.0 Å². The van der Waals surface area contributed by atoms with Gasteiger partial charge >= 0.3 is 0 Å². The van der Waals surface area contributed by atoms with Crippen LogP contribution >= 0.6 is 22.7 Å². The number of imidazole rings is 1. The Morgan fingerprint density at radius 2 is 1.81 bits per heavy atom. The van der Waals surface area contributed by atoms with Crippen LogP contribution < -0.4 is 9.47 Å². The molecule has 6 aromatic rings. The van der Waals surface area contributed by atoms with Gasteiger partial charge in [-0.05, 0) is 25.1 Å². The van der Waals surface area contributed by atoms with Gasteiger partial charge in [-0.2, -0.15) is 5.10 Å². The molecule has 216 valence electrons. The van der Waals surface area contributed by atoms with Crippen molar-refractivity contribution in [1.29, 1.82) is 0 Å². The van der Waals surface area contributed by atoms with Crippen LogP contribution in [0.4, 0.5) is 0 Å². The number of aromatic nitrogens is 4. The number of ether oxygens (including phenoxy) is 2. The van der Waals surface area contributed by atoms with E-state index in [9.17, 15) is 0 Å². The van der Waals surface area contributed by atoms with Crippen molar-refractivity contribution in [2.75, 3.05) is 39.8 Å². The van der Waals surface area contributed by atoms with E-state index in [0.717, 1.165) is 76.6 Å². The summed E-state index contributed by atoms with van der Waals surface area (Å²) in [6.45, 7) is 11.2. The Morgan fingerprint density at radius 3 is 2.57 bits per heavy atom. The zero-order valence-electron chi connectivity index (χ0n) is 23.9. The summed E-state index contributed by atoms with van der Waals surface area (Å²) in [5.74, 6) is 1.99. The van der Waals surface area contributed by atoms with Crippen LogP contribution in [0, 0.1) is 6.92 Å². The van der Waals surface area contributed by atoms with Gasteiger partial charge in [0.1, 0.15) is 39.4 Å².